The van der Waals surface area contributed by atoms with Gasteiger partial charge in [0.15, 0.2) is 6.61 Å². The van der Waals surface area contributed by atoms with Crippen molar-refractivity contribution in [2.24, 2.45) is 0 Å². The number of methoxy groups -OCH3 is 1. The summed E-state index contributed by atoms with van der Waals surface area (Å²) in [6.45, 7) is 0.215. The maximum Gasteiger partial charge on any atom is 0.341 e. The van der Waals surface area contributed by atoms with Gasteiger partial charge in [0.05, 0.1) is 18.5 Å². The molecule has 0 atom stereocenters. The van der Waals surface area contributed by atoms with Crippen LogP contribution in [0.1, 0.15) is 5.56 Å². The Morgan fingerprint density at radius 3 is 2.24 bits per heavy atom. The summed E-state index contributed by atoms with van der Waals surface area (Å²) in [5, 5.41) is 14.2. The highest BCUT2D eigenvalue weighted by Gasteiger charge is 2.19. The van der Waals surface area contributed by atoms with Crippen LogP contribution >= 0.6 is 0 Å². The lowest BCUT2D eigenvalue weighted by atomic mass is 10.0. The highest BCUT2D eigenvalue weighted by atomic mass is 16.5. The van der Waals surface area contributed by atoms with Crippen molar-refractivity contribution in [3.05, 3.63) is 115 Å². The number of carboxylic acids is 1. The normalized spacial score (nSPS) is 10.8. The molecule has 1 heterocycles. The Balaban J connectivity index is 1.62. The Bertz CT molecular complexity index is 1530. The zero-order valence-electron chi connectivity index (χ0n) is 21.1. The molecule has 5 rings (SSSR count). The number of nitrogens with zero attached hydrogens (tertiary/aromatic N) is 2. The van der Waals surface area contributed by atoms with Crippen molar-refractivity contribution in [2.75, 3.05) is 13.7 Å². The summed E-state index contributed by atoms with van der Waals surface area (Å²) in [5.41, 5.74) is 6.50. The molecule has 0 fully saturated rings. The summed E-state index contributed by atoms with van der Waals surface area (Å²) in [6.07, 6.45) is 0.802. The molecule has 0 radical (unpaired) electrons. The van der Waals surface area contributed by atoms with E-state index in [4.69, 9.17) is 14.6 Å². The van der Waals surface area contributed by atoms with E-state index in [1.807, 2.05) is 102 Å². The molecular weight excluding hydrogens is 476 g/mol. The van der Waals surface area contributed by atoms with E-state index in [0.717, 1.165) is 40.1 Å². The monoisotopic (exact) mass is 504 g/mol. The summed E-state index contributed by atoms with van der Waals surface area (Å²) < 4.78 is 13.3. The zero-order chi connectivity index (χ0) is 26.3. The Morgan fingerprint density at radius 2 is 1.50 bits per heavy atom. The van der Waals surface area contributed by atoms with Crippen LogP contribution in [0.2, 0.25) is 0 Å². The van der Waals surface area contributed by atoms with Crippen LogP contribution in [-0.2, 0) is 17.8 Å². The maximum atomic E-state index is 11.3. The van der Waals surface area contributed by atoms with E-state index in [1.54, 1.807) is 7.11 Å². The number of carboxylic acid groups (broad SMARTS) is 1. The Kier molecular flexibility index (Phi) is 7.50. The lowest BCUT2D eigenvalue weighted by Gasteiger charge is -2.11. The molecular formula is C32H28N2O4. The fourth-order valence-corrected chi connectivity index (χ4v) is 4.48. The van der Waals surface area contributed by atoms with Crippen LogP contribution in [0, 0.1) is 0 Å². The SMILES string of the molecule is COc1ccccc1-c1cc(-c2cc(-c3ccccc3)ccc2OCC(=O)O)nn1CCc1ccccc1. The molecule has 0 unspecified atom stereocenters. The van der Waals surface area contributed by atoms with E-state index >= 15 is 0 Å². The van der Waals surface area contributed by atoms with Gasteiger partial charge in [-0.25, -0.2) is 4.79 Å². The molecule has 38 heavy (non-hydrogen) atoms. The Hall–Kier alpha value is -4.84. The van der Waals surface area contributed by atoms with E-state index < -0.39 is 12.6 Å². The second-order valence-corrected chi connectivity index (χ2v) is 8.83. The van der Waals surface area contributed by atoms with E-state index in [9.17, 15) is 9.90 Å². The minimum Gasteiger partial charge on any atom is -0.496 e. The van der Waals surface area contributed by atoms with Crippen LogP contribution in [0.4, 0.5) is 0 Å². The molecule has 0 aliphatic carbocycles. The standard InChI is InChI=1S/C32H28N2O4/c1-37-30-15-9-8-14-26(30)29-21-28(33-34(29)19-18-23-10-4-2-5-11-23)27-20-25(24-12-6-3-7-13-24)16-17-31(27)38-22-32(35)36/h2-17,20-21H,18-19,22H2,1H3,(H,35,36). The van der Waals surface area contributed by atoms with Crippen molar-refractivity contribution in [3.63, 3.8) is 0 Å². The molecule has 6 heteroatoms. The molecule has 0 aliphatic heterocycles. The molecule has 6 nitrogen and oxygen atoms in total. The first-order valence-electron chi connectivity index (χ1n) is 12.4. The molecule has 190 valence electrons. The Morgan fingerprint density at radius 1 is 0.789 bits per heavy atom. The van der Waals surface area contributed by atoms with Gasteiger partial charge in [0.1, 0.15) is 11.5 Å². The van der Waals surface area contributed by atoms with E-state index in [-0.39, 0.29) is 0 Å². The summed E-state index contributed by atoms with van der Waals surface area (Å²) in [6, 6.07) is 35.9. The minimum absolute atomic E-state index is 0.439. The topological polar surface area (TPSA) is 73.6 Å². The van der Waals surface area contributed by atoms with Crippen LogP contribution in [0.25, 0.3) is 33.6 Å². The van der Waals surface area contributed by atoms with Crippen LogP contribution in [-0.4, -0.2) is 34.6 Å². The molecule has 0 saturated carbocycles. The maximum absolute atomic E-state index is 11.3. The lowest BCUT2D eigenvalue weighted by molar-refractivity contribution is -0.139. The molecule has 0 amide bonds. The van der Waals surface area contributed by atoms with Gasteiger partial charge in [-0.15, -0.1) is 0 Å². The third-order valence-corrected chi connectivity index (χ3v) is 6.33. The number of benzene rings is 4. The molecule has 5 aromatic rings. The number of aliphatic carboxylic acids is 1. The van der Waals surface area contributed by atoms with Gasteiger partial charge < -0.3 is 14.6 Å². The first-order valence-corrected chi connectivity index (χ1v) is 12.4. The average Bonchev–Trinajstić information content (AvgIpc) is 3.39. The molecule has 1 N–H and O–H groups in total. The molecule has 1 aromatic heterocycles. The van der Waals surface area contributed by atoms with Crippen molar-refractivity contribution < 1.29 is 19.4 Å². The second-order valence-electron chi connectivity index (χ2n) is 8.83. The van der Waals surface area contributed by atoms with Crippen LogP contribution in [0.3, 0.4) is 0 Å². The molecule has 0 spiro atoms. The number of aryl methyl sites for hydroxylation is 2. The fourth-order valence-electron chi connectivity index (χ4n) is 4.48. The zero-order valence-corrected chi connectivity index (χ0v) is 21.1. The van der Waals surface area contributed by atoms with E-state index in [1.165, 1.54) is 5.56 Å². The second kappa shape index (κ2) is 11.5. The van der Waals surface area contributed by atoms with Crippen LogP contribution < -0.4 is 9.47 Å². The summed E-state index contributed by atoms with van der Waals surface area (Å²) >= 11 is 0. The smallest absolute Gasteiger partial charge is 0.341 e. The molecule has 0 bridgehead atoms. The Labute approximate surface area is 221 Å². The largest absolute Gasteiger partial charge is 0.496 e. The molecule has 0 saturated heterocycles. The third-order valence-electron chi connectivity index (χ3n) is 6.33. The quantitative estimate of drug-likeness (QED) is 0.232. The first-order chi connectivity index (χ1) is 18.6. The summed E-state index contributed by atoms with van der Waals surface area (Å²) in [5.74, 6) is 0.179. The fraction of sp³-hybridized carbons (Fsp3) is 0.125. The lowest BCUT2D eigenvalue weighted by Crippen LogP contribution is -2.10. The van der Waals surface area contributed by atoms with Crippen molar-refractivity contribution in [2.45, 2.75) is 13.0 Å². The highest BCUT2D eigenvalue weighted by Crippen LogP contribution is 2.38. The van der Waals surface area contributed by atoms with Gasteiger partial charge in [-0.3, -0.25) is 4.68 Å². The van der Waals surface area contributed by atoms with Gasteiger partial charge in [0.25, 0.3) is 0 Å². The minimum atomic E-state index is -1.04. The number of para-hydroxylation sites is 1. The molecule has 4 aromatic carbocycles. The van der Waals surface area contributed by atoms with Crippen molar-refractivity contribution in [3.8, 4) is 45.1 Å². The highest BCUT2D eigenvalue weighted by molar-refractivity contribution is 5.80. The van der Waals surface area contributed by atoms with Crippen molar-refractivity contribution in [1.82, 2.24) is 9.78 Å². The van der Waals surface area contributed by atoms with E-state index in [0.29, 0.717) is 18.0 Å². The number of rotatable bonds is 10. The van der Waals surface area contributed by atoms with Crippen LogP contribution in [0.5, 0.6) is 11.5 Å². The first kappa shape index (κ1) is 24.8. The van der Waals surface area contributed by atoms with Gasteiger partial charge >= 0.3 is 5.97 Å². The van der Waals surface area contributed by atoms with Gasteiger partial charge in [-0.1, -0.05) is 78.9 Å². The van der Waals surface area contributed by atoms with Crippen molar-refractivity contribution >= 4 is 5.97 Å². The van der Waals surface area contributed by atoms with E-state index in [2.05, 4.69) is 12.1 Å². The van der Waals surface area contributed by atoms with Gasteiger partial charge in [0, 0.05) is 17.7 Å². The predicted octanol–water partition coefficient (Wildman–Crippen LogP) is 6.60. The molecule has 0 aliphatic rings. The number of hydrogen-bond donors (Lipinski definition) is 1. The summed E-state index contributed by atoms with van der Waals surface area (Å²) in [4.78, 5) is 11.3. The number of aromatic nitrogens is 2. The number of carbonyl (C=O) groups is 1. The van der Waals surface area contributed by atoms with Crippen molar-refractivity contribution in [1.29, 1.82) is 0 Å². The van der Waals surface area contributed by atoms with Gasteiger partial charge in [-0.05, 0) is 53.4 Å². The number of ether oxygens (including phenoxy) is 2. The third kappa shape index (κ3) is 5.60. The predicted molar refractivity (Wildman–Crippen MR) is 148 cm³/mol. The average molecular weight is 505 g/mol. The van der Waals surface area contributed by atoms with Crippen LogP contribution in [0.15, 0.2) is 109 Å². The summed E-state index contributed by atoms with van der Waals surface area (Å²) in [7, 11) is 1.66. The number of hydrogen-bond acceptors (Lipinski definition) is 4. The van der Waals surface area contributed by atoms with Gasteiger partial charge in [0.2, 0.25) is 0 Å². The van der Waals surface area contributed by atoms with Gasteiger partial charge in [-0.2, -0.15) is 5.10 Å².